The average molecular weight is 277 g/mol. The van der Waals surface area contributed by atoms with Gasteiger partial charge < -0.3 is 4.90 Å². The third-order valence-corrected chi connectivity index (χ3v) is 3.67. The summed E-state index contributed by atoms with van der Waals surface area (Å²) in [7, 11) is 4.08. The van der Waals surface area contributed by atoms with Gasteiger partial charge in [-0.25, -0.2) is 4.98 Å². The number of hydrogen-bond donors (Lipinski definition) is 0. The van der Waals surface area contributed by atoms with Crippen molar-refractivity contribution in [2.75, 3.05) is 26.9 Å². The van der Waals surface area contributed by atoms with E-state index in [4.69, 9.17) is 0 Å². The standard InChI is InChI=1S/C14H19N3OS/c1-16(2)9-6-10-17-13(18)11-7-4-5-8-12(11)15-14(17)19-3/h4-5,7-8H,6,9-10H2,1-3H3. The zero-order valence-corrected chi connectivity index (χ0v) is 12.4. The minimum atomic E-state index is 0.0636. The van der Waals surface area contributed by atoms with Gasteiger partial charge in [0.2, 0.25) is 0 Å². The summed E-state index contributed by atoms with van der Waals surface area (Å²) in [4.78, 5) is 19.2. The van der Waals surface area contributed by atoms with E-state index in [0.717, 1.165) is 23.6 Å². The Morgan fingerprint density at radius 1 is 1.32 bits per heavy atom. The second-order valence-corrected chi connectivity index (χ2v) is 5.50. The number of benzene rings is 1. The molecule has 1 aromatic carbocycles. The summed E-state index contributed by atoms with van der Waals surface area (Å²) < 4.78 is 1.79. The first kappa shape index (κ1) is 14.1. The second-order valence-electron chi connectivity index (χ2n) is 4.73. The molecule has 5 heteroatoms. The van der Waals surface area contributed by atoms with Crippen molar-refractivity contribution in [1.29, 1.82) is 0 Å². The molecule has 1 aromatic heterocycles. The first-order valence-corrected chi connectivity index (χ1v) is 7.54. The second kappa shape index (κ2) is 6.21. The molecular formula is C14H19N3OS. The highest BCUT2D eigenvalue weighted by atomic mass is 32.2. The molecule has 0 aliphatic carbocycles. The van der Waals surface area contributed by atoms with E-state index in [0.29, 0.717) is 11.9 Å². The molecule has 2 aromatic rings. The maximum Gasteiger partial charge on any atom is 0.262 e. The Balaban J connectivity index is 2.40. The zero-order chi connectivity index (χ0) is 13.8. The highest BCUT2D eigenvalue weighted by molar-refractivity contribution is 7.98. The predicted octanol–water partition coefficient (Wildman–Crippen LogP) is 2.07. The molecule has 0 unspecified atom stereocenters. The SMILES string of the molecule is CSc1nc2ccccc2c(=O)n1CCCN(C)C. The van der Waals surface area contributed by atoms with E-state index in [-0.39, 0.29) is 5.56 Å². The number of fused-ring (bicyclic) bond motifs is 1. The van der Waals surface area contributed by atoms with Crippen LogP contribution in [0.15, 0.2) is 34.2 Å². The summed E-state index contributed by atoms with van der Waals surface area (Å²) >= 11 is 1.52. The Labute approximate surface area is 117 Å². The molecule has 0 atom stereocenters. The number of para-hydroxylation sites is 1. The van der Waals surface area contributed by atoms with Gasteiger partial charge in [-0.15, -0.1) is 0 Å². The smallest absolute Gasteiger partial charge is 0.262 e. The van der Waals surface area contributed by atoms with Gasteiger partial charge in [-0.1, -0.05) is 23.9 Å². The van der Waals surface area contributed by atoms with Gasteiger partial charge in [0.1, 0.15) is 0 Å². The van der Waals surface area contributed by atoms with Crippen molar-refractivity contribution < 1.29 is 0 Å². The number of hydrogen-bond acceptors (Lipinski definition) is 4. The summed E-state index contributed by atoms with van der Waals surface area (Å²) in [5.74, 6) is 0. The number of thioether (sulfide) groups is 1. The van der Waals surface area contributed by atoms with E-state index in [1.807, 2.05) is 44.6 Å². The molecule has 0 fully saturated rings. The monoisotopic (exact) mass is 277 g/mol. The van der Waals surface area contributed by atoms with Gasteiger partial charge in [0.05, 0.1) is 10.9 Å². The predicted molar refractivity (Wildman–Crippen MR) is 81.0 cm³/mol. The molecule has 2 rings (SSSR count). The van der Waals surface area contributed by atoms with E-state index >= 15 is 0 Å². The Hall–Kier alpha value is -1.33. The van der Waals surface area contributed by atoms with E-state index in [9.17, 15) is 4.79 Å². The van der Waals surface area contributed by atoms with Gasteiger partial charge in [0, 0.05) is 6.54 Å². The molecule has 0 aliphatic rings. The van der Waals surface area contributed by atoms with Crippen molar-refractivity contribution in [1.82, 2.24) is 14.5 Å². The van der Waals surface area contributed by atoms with Crippen LogP contribution in [-0.2, 0) is 6.54 Å². The normalized spacial score (nSPS) is 11.4. The van der Waals surface area contributed by atoms with Crippen molar-refractivity contribution in [3.63, 3.8) is 0 Å². The molecule has 0 saturated heterocycles. The van der Waals surface area contributed by atoms with Gasteiger partial charge >= 0.3 is 0 Å². The van der Waals surface area contributed by atoms with Gasteiger partial charge in [-0.3, -0.25) is 9.36 Å². The number of rotatable bonds is 5. The topological polar surface area (TPSA) is 38.1 Å². The van der Waals surface area contributed by atoms with Crippen molar-refractivity contribution in [2.24, 2.45) is 0 Å². The Bertz CT molecular complexity index is 622. The first-order chi connectivity index (χ1) is 9.13. The minimum Gasteiger partial charge on any atom is -0.309 e. The summed E-state index contributed by atoms with van der Waals surface area (Å²) in [6.45, 7) is 1.68. The third kappa shape index (κ3) is 3.16. The van der Waals surface area contributed by atoms with Crippen LogP contribution < -0.4 is 5.56 Å². The van der Waals surface area contributed by atoms with Crippen LogP contribution in [0.25, 0.3) is 10.9 Å². The third-order valence-electron chi connectivity index (χ3n) is 3.00. The highest BCUT2D eigenvalue weighted by Crippen LogP contribution is 2.15. The molecule has 0 aliphatic heterocycles. The van der Waals surface area contributed by atoms with Crippen LogP contribution in [0.4, 0.5) is 0 Å². The molecular weight excluding hydrogens is 258 g/mol. The summed E-state index contributed by atoms with van der Waals surface area (Å²) in [6.07, 6.45) is 2.90. The summed E-state index contributed by atoms with van der Waals surface area (Å²) in [5.41, 5.74) is 0.842. The highest BCUT2D eigenvalue weighted by Gasteiger charge is 2.09. The van der Waals surface area contributed by atoms with Crippen LogP contribution in [0.5, 0.6) is 0 Å². The van der Waals surface area contributed by atoms with Crippen LogP contribution in [0.3, 0.4) is 0 Å². The molecule has 0 N–H and O–H groups in total. The molecule has 19 heavy (non-hydrogen) atoms. The quantitative estimate of drug-likeness (QED) is 0.619. The van der Waals surface area contributed by atoms with E-state index in [2.05, 4.69) is 9.88 Å². The van der Waals surface area contributed by atoms with E-state index in [1.54, 1.807) is 4.57 Å². The van der Waals surface area contributed by atoms with Crippen LogP contribution >= 0.6 is 11.8 Å². The van der Waals surface area contributed by atoms with Gasteiger partial charge in [0.15, 0.2) is 5.16 Å². The zero-order valence-electron chi connectivity index (χ0n) is 11.6. The fourth-order valence-corrected chi connectivity index (χ4v) is 2.63. The average Bonchev–Trinajstić information content (AvgIpc) is 2.40. The lowest BCUT2D eigenvalue weighted by atomic mass is 10.2. The van der Waals surface area contributed by atoms with E-state index < -0.39 is 0 Å². The molecule has 4 nitrogen and oxygen atoms in total. The van der Waals surface area contributed by atoms with Crippen molar-refractivity contribution in [3.8, 4) is 0 Å². The van der Waals surface area contributed by atoms with Crippen molar-refractivity contribution in [2.45, 2.75) is 18.1 Å². The van der Waals surface area contributed by atoms with E-state index in [1.165, 1.54) is 11.8 Å². The van der Waals surface area contributed by atoms with Gasteiger partial charge in [-0.05, 0) is 45.4 Å². The lowest BCUT2D eigenvalue weighted by Gasteiger charge is -2.13. The molecule has 102 valence electrons. The molecule has 1 heterocycles. The molecule has 0 radical (unpaired) electrons. The van der Waals surface area contributed by atoms with Crippen molar-refractivity contribution in [3.05, 3.63) is 34.6 Å². The fourth-order valence-electron chi connectivity index (χ4n) is 2.05. The maximum atomic E-state index is 12.5. The Morgan fingerprint density at radius 2 is 2.05 bits per heavy atom. The van der Waals surface area contributed by atoms with Crippen LogP contribution in [0.2, 0.25) is 0 Å². The van der Waals surface area contributed by atoms with Crippen LogP contribution in [0, 0.1) is 0 Å². The minimum absolute atomic E-state index is 0.0636. The van der Waals surface area contributed by atoms with Gasteiger partial charge in [-0.2, -0.15) is 0 Å². The number of nitrogens with zero attached hydrogens (tertiary/aromatic N) is 3. The lowest BCUT2D eigenvalue weighted by Crippen LogP contribution is -2.25. The maximum absolute atomic E-state index is 12.5. The summed E-state index contributed by atoms with van der Waals surface area (Å²) in [6, 6.07) is 7.53. The molecule has 0 bridgehead atoms. The molecule has 0 saturated carbocycles. The van der Waals surface area contributed by atoms with Crippen LogP contribution in [-0.4, -0.2) is 41.3 Å². The molecule has 0 amide bonds. The van der Waals surface area contributed by atoms with Gasteiger partial charge in [0.25, 0.3) is 5.56 Å². The Morgan fingerprint density at radius 3 is 2.74 bits per heavy atom. The fraction of sp³-hybridized carbons (Fsp3) is 0.429. The first-order valence-electron chi connectivity index (χ1n) is 6.32. The Kier molecular flexibility index (Phi) is 4.61. The molecule has 0 spiro atoms. The largest absolute Gasteiger partial charge is 0.309 e. The lowest BCUT2D eigenvalue weighted by molar-refractivity contribution is 0.379. The summed E-state index contributed by atoms with van der Waals surface area (Å²) in [5, 5.41) is 1.49. The van der Waals surface area contributed by atoms with Crippen molar-refractivity contribution >= 4 is 22.7 Å². The van der Waals surface area contributed by atoms with Crippen LogP contribution in [0.1, 0.15) is 6.42 Å². The number of aromatic nitrogens is 2.